The SMILES string of the molecule is O=C/C=C/c1cc(Br)c(Cl)s1. The van der Waals surface area contributed by atoms with Crippen molar-refractivity contribution in [2.45, 2.75) is 0 Å². The Bertz CT molecular complexity index is 273. The lowest BCUT2D eigenvalue weighted by atomic mass is 10.4. The third kappa shape index (κ3) is 2.43. The van der Waals surface area contributed by atoms with Crippen LogP contribution in [0.4, 0.5) is 0 Å². The van der Waals surface area contributed by atoms with E-state index in [4.69, 9.17) is 11.6 Å². The third-order valence-electron chi connectivity index (χ3n) is 1.00. The van der Waals surface area contributed by atoms with Crippen molar-refractivity contribution in [3.8, 4) is 0 Å². The van der Waals surface area contributed by atoms with Gasteiger partial charge in [-0.2, -0.15) is 0 Å². The number of hydrogen-bond donors (Lipinski definition) is 0. The third-order valence-corrected chi connectivity index (χ3v) is 3.44. The molecule has 0 bridgehead atoms. The van der Waals surface area contributed by atoms with Crippen LogP contribution in [0.2, 0.25) is 4.34 Å². The van der Waals surface area contributed by atoms with Crippen LogP contribution in [-0.4, -0.2) is 6.29 Å². The van der Waals surface area contributed by atoms with Gasteiger partial charge in [0.25, 0.3) is 0 Å². The van der Waals surface area contributed by atoms with Gasteiger partial charge in [0.2, 0.25) is 0 Å². The molecule has 0 aliphatic carbocycles. The van der Waals surface area contributed by atoms with E-state index in [1.807, 2.05) is 6.07 Å². The lowest BCUT2D eigenvalue weighted by molar-refractivity contribution is -0.104. The Hall–Kier alpha value is -0.120. The second-order valence-electron chi connectivity index (χ2n) is 1.77. The van der Waals surface area contributed by atoms with Crippen LogP contribution in [0.25, 0.3) is 6.08 Å². The summed E-state index contributed by atoms with van der Waals surface area (Å²) in [5.41, 5.74) is 0. The minimum atomic E-state index is 0.704. The monoisotopic (exact) mass is 250 g/mol. The fourth-order valence-electron chi connectivity index (χ4n) is 0.580. The smallest absolute Gasteiger partial charge is 0.142 e. The first-order valence-corrected chi connectivity index (χ1v) is 4.79. The maximum absolute atomic E-state index is 9.94. The van der Waals surface area contributed by atoms with E-state index in [9.17, 15) is 4.79 Å². The molecule has 0 aliphatic heterocycles. The van der Waals surface area contributed by atoms with Gasteiger partial charge in [0, 0.05) is 9.35 Å². The summed E-state index contributed by atoms with van der Waals surface area (Å²) in [5, 5.41) is 0. The maximum atomic E-state index is 9.94. The van der Waals surface area contributed by atoms with Gasteiger partial charge < -0.3 is 0 Å². The largest absolute Gasteiger partial charge is 0.299 e. The first kappa shape index (κ1) is 8.97. The van der Waals surface area contributed by atoms with Gasteiger partial charge in [-0.3, -0.25) is 4.79 Å². The molecule has 0 aliphatic rings. The summed E-state index contributed by atoms with van der Waals surface area (Å²) in [4.78, 5) is 10.9. The number of thiophene rings is 1. The Morgan fingerprint density at radius 3 is 2.82 bits per heavy atom. The topological polar surface area (TPSA) is 17.1 Å². The summed E-state index contributed by atoms with van der Waals surface area (Å²) in [6, 6.07) is 1.87. The van der Waals surface area contributed by atoms with Gasteiger partial charge in [-0.1, -0.05) is 11.6 Å². The number of aldehydes is 1. The van der Waals surface area contributed by atoms with Crippen molar-refractivity contribution in [1.29, 1.82) is 0 Å². The highest BCUT2D eigenvalue weighted by Gasteiger charge is 2.00. The standard InChI is InChI=1S/C7H4BrClOS/c8-6-4-5(2-1-3-10)11-7(6)9/h1-4H/b2-1+. The molecule has 0 amide bonds. The average Bonchev–Trinajstić information content (AvgIpc) is 2.28. The molecule has 1 heterocycles. The summed E-state index contributed by atoms with van der Waals surface area (Å²) < 4.78 is 1.57. The van der Waals surface area contributed by atoms with Gasteiger partial charge >= 0.3 is 0 Å². The Labute approximate surface area is 81.8 Å². The highest BCUT2D eigenvalue weighted by molar-refractivity contribution is 9.10. The van der Waals surface area contributed by atoms with Crippen LogP contribution in [0.5, 0.6) is 0 Å². The molecule has 0 saturated carbocycles. The van der Waals surface area contributed by atoms with Crippen molar-refractivity contribution in [3.63, 3.8) is 0 Å². The number of rotatable bonds is 2. The van der Waals surface area contributed by atoms with Crippen LogP contribution >= 0.6 is 38.9 Å². The van der Waals surface area contributed by atoms with E-state index in [0.29, 0.717) is 4.34 Å². The van der Waals surface area contributed by atoms with Crippen molar-refractivity contribution in [2.75, 3.05) is 0 Å². The van der Waals surface area contributed by atoms with Crippen LogP contribution in [0, 0.1) is 0 Å². The zero-order valence-electron chi connectivity index (χ0n) is 5.38. The maximum Gasteiger partial charge on any atom is 0.142 e. The zero-order chi connectivity index (χ0) is 8.27. The molecule has 0 radical (unpaired) electrons. The lowest BCUT2D eigenvalue weighted by Crippen LogP contribution is -1.58. The molecule has 0 unspecified atom stereocenters. The van der Waals surface area contributed by atoms with Crippen molar-refractivity contribution in [3.05, 3.63) is 25.8 Å². The molecule has 1 aromatic rings. The average molecular weight is 252 g/mol. The highest BCUT2D eigenvalue weighted by atomic mass is 79.9. The van der Waals surface area contributed by atoms with E-state index in [-0.39, 0.29) is 0 Å². The van der Waals surface area contributed by atoms with Gasteiger partial charge in [0.15, 0.2) is 0 Å². The van der Waals surface area contributed by atoms with E-state index in [1.54, 1.807) is 6.08 Å². The molecule has 1 rings (SSSR count). The fourth-order valence-corrected chi connectivity index (χ4v) is 2.23. The highest BCUT2D eigenvalue weighted by Crippen LogP contribution is 2.32. The van der Waals surface area contributed by atoms with Crippen LogP contribution in [-0.2, 0) is 4.79 Å². The van der Waals surface area contributed by atoms with E-state index in [0.717, 1.165) is 15.6 Å². The first-order valence-electron chi connectivity index (χ1n) is 2.80. The molecule has 58 valence electrons. The normalized spacial score (nSPS) is 10.7. The summed E-state index contributed by atoms with van der Waals surface area (Å²) in [6.07, 6.45) is 3.89. The molecule has 11 heavy (non-hydrogen) atoms. The van der Waals surface area contributed by atoms with Gasteiger partial charge in [-0.25, -0.2) is 0 Å². The number of allylic oxidation sites excluding steroid dienone is 1. The van der Waals surface area contributed by atoms with Crippen LogP contribution in [0.3, 0.4) is 0 Å². The first-order chi connectivity index (χ1) is 5.24. The molecule has 0 aromatic carbocycles. The van der Waals surface area contributed by atoms with Crippen molar-refractivity contribution >= 4 is 51.2 Å². The minimum absolute atomic E-state index is 0.704. The molecule has 0 atom stereocenters. The van der Waals surface area contributed by atoms with Crippen molar-refractivity contribution in [2.24, 2.45) is 0 Å². The van der Waals surface area contributed by atoms with Gasteiger partial charge in [-0.15, -0.1) is 11.3 Å². The Balaban J connectivity index is 2.88. The lowest BCUT2D eigenvalue weighted by Gasteiger charge is -1.75. The summed E-state index contributed by atoms with van der Waals surface area (Å²) in [5.74, 6) is 0. The van der Waals surface area contributed by atoms with Crippen LogP contribution < -0.4 is 0 Å². The van der Waals surface area contributed by atoms with Gasteiger partial charge in [0.1, 0.15) is 10.6 Å². The molecule has 1 aromatic heterocycles. The van der Waals surface area contributed by atoms with E-state index in [1.165, 1.54) is 17.4 Å². The second-order valence-corrected chi connectivity index (χ2v) is 4.31. The molecule has 0 saturated heterocycles. The minimum Gasteiger partial charge on any atom is -0.299 e. The molecular weight excluding hydrogens is 248 g/mol. The van der Waals surface area contributed by atoms with Gasteiger partial charge in [-0.05, 0) is 34.1 Å². The number of halogens is 2. The van der Waals surface area contributed by atoms with Crippen LogP contribution in [0.15, 0.2) is 16.6 Å². The quantitative estimate of drug-likeness (QED) is 0.582. The van der Waals surface area contributed by atoms with E-state index < -0.39 is 0 Å². The molecule has 1 nitrogen and oxygen atoms in total. The number of carbonyl (C=O) groups excluding carboxylic acids is 1. The predicted octanol–water partition coefficient (Wildman–Crippen LogP) is 3.38. The molecule has 0 N–H and O–H groups in total. The Morgan fingerprint density at radius 2 is 2.36 bits per heavy atom. The zero-order valence-corrected chi connectivity index (χ0v) is 8.54. The number of carbonyl (C=O) groups is 1. The van der Waals surface area contributed by atoms with Gasteiger partial charge in [0.05, 0.1) is 0 Å². The Kier molecular flexibility index (Phi) is 3.30. The van der Waals surface area contributed by atoms with E-state index in [2.05, 4.69) is 15.9 Å². The van der Waals surface area contributed by atoms with Crippen molar-refractivity contribution in [1.82, 2.24) is 0 Å². The number of hydrogen-bond acceptors (Lipinski definition) is 2. The Morgan fingerprint density at radius 1 is 1.64 bits per heavy atom. The summed E-state index contributed by atoms with van der Waals surface area (Å²) >= 11 is 10.4. The molecular formula is C7H4BrClOS. The van der Waals surface area contributed by atoms with E-state index >= 15 is 0 Å². The summed E-state index contributed by atoms with van der Waals surface area (Å²) in [6.45, 7) is 0. The second kappa shape index (κ2) is 4.04. The molecule has 0 fully saturated rings. The summed E-state index contributed by atoms with van der Waals surface area (Å²) in [7, 11) is 0. The fraction of sp³-hybridized carbons (Fsp3) is 0. The molecule has 4 heteroatoms. The van der Waals surface area contributed by atoms with Crippen LogP contribution in [0.1, 0.15) is 4.88 Å². The molecule has 0 spiro atoms. The predicted molar refractivity (Wildman–Crippen MR) is 52.1 cm³/mol. The van der Waals surface area contributed by atoms with Crippen molar-refractivity contribution < 1.29 is 4.79 Å².